The van der Waals surface area contributed by atoms with Gasteiger partial charge in [0.05, 0.1) is 16.8 Å². The lowest BCUT2D eigenvalue weighted by atomic mass is 10.1. The minimum Gasteiger partial charge on any atom is -0.388 e. The first kappa shape index (κ1) is 16.1. The zero-order valence-electron chi connectivity index (χ0n) is 13.4. The van der Waals surface area contributed by atoms with Crippen LogP contribution in [0.15, 0.2) is 36.4 Å². The molecular formula is C18H13F2N5O. The highest BCUT2D eigenvalue weighted by molar-refractivity contribution is 5.92. The molecule has 0 saturated carbocycles. The van der Waals surface area contributed by atoms with Crippen molar-refractivity contribution in [3.05, 3.63) is 65.1 Å². The fourth-order valence-electron chi connectivity index (χ4n) is 2.63. The van der Waals surface area contributed by atoms with Crippen LogP contribution in [0.25, 0.3) is 34.4 Å². The molecule has 0 spiro atoms. The summed E-state index contributed by atoms with van der Waals surface area (Å²) < 4.78 is 27.6. The van der Waals surface area contributed by atoms with E-state index in [1.54, 1.807) is 30.4 Å². The van der Waals surface area contributed by atoms with Gasteiger partial charge in [-0.1, -0.05) is 18.2 Å². The van der Waals surface area contributed by atoms with E-state index >= 15 is 0 Å². The van der Waals surface area contributed by atoms with E-state index in [0.717, 1.165) is 0 Å². The lowest BCUT2D eigenvalue weighted by molar-refractivity contribution is 0.272. The number of hydrogen-bond donors (Lipinski definition) is 3. The van der Waals surface area contributed by atoms with E-state index in [0.29, 0.717) is 22.2 Å². The van der Waals surface area contributed by atoms with Crippen LogP contribution in [0.4, 0.5) is 8.78 Å². The van der Waals surface area contributed by atoms with Gasteiger partial charge in [-0.05, 0) is 29.8 Å². The van der Waals surface area contributed by atoms with Gasteiger partial charge in [0.2, 0.25) is 0 Å². The molecule has 0 unspecified atom stereocenters. The van der Waals surface area contributed by atoms with Crippen molar-refractivity contribution in [1.82, 2.24) is 25.4 Å². The number of rotatable bonds is 4. The van der Waals surface area contributed by atoms with Crippen molar-refractivity contribution in [2.45, 2.75) is 6.61 Å². The second-order valence-corrected chi connectivity index (χ2v) is 5.64. The maximum Gasteiger partial charge on any atom is 0.184 e. The van der Waals surface area contributed by atoms with Crippen molar-refractivity contribution in [1.29, 1.82) is 0 Å². The van der Waals surface area contributed by atoms with Crippen molar-refractivity contribution in [3.63, 3.8) is 0 Å². The first-order valence-corrected chi connectivity index (χ1v) is 7.78. The number of aliphatic hydroxyl groups excluding tert-OH is 1. The average Bonchev–Trinajstić information content (AvgIpc) is 3.26. The van der Waals surface area contributed by atoms with Gasteiger partial charge in [0.25, 0.3) is 0 Å². The monoisotopic (exact) mass is 353 g/mol. The van der Waals surface area contributed by atoms with Crippen LogP contribution in [0, 0.1) is 11.6 Å². The normalized spacial score (nSPS) is 11.7. The molecule has 0 atom stereocenters. The molecule has 2 aromatic carbocycles. The Labute approximate surface area is 146 Å². The number of fused-ring (bicyclic) bond motifs is 1. The van der Waals surface area contributed by atoms with Crippen molar-refractivity contribution in [2.24, 2.45) is 0 Å². The van der Waals surface area contributed by atoms with Crippen LogP contribution in [-0.4, -0.2) is 30.5 Å². The van der Waals surface area contributed by atoms with Gasteiger partial charge in [-0.25, -0.2) is 13.8 Å². The molecule has 2 heterocycles. The highest BCUT2D eigenvalue weighted by Crippen LogP contribution is 2.27. The molecule has 2 aromatic heterocycles. The third kappa shape index (κ3) is 2.98. The molecule has 0 bridgehead atoms. The van der Waals surface area contributed by atoms with Gasteiger partial charge in [-0.2, -0.15) is 10.2 Å². The largest absolute Gasteiger partial charge is 0.388 e. The summed E-state index contributed by atoms with van der Waals surface area (Å²) in [6.45, 7) is -0.315. The number of aromatic nitrogens is 5. The maximum absolute atomic E-state index is 14.4. The minimum atomic E-state index is -0.509. The molecule has 26 heavy (non-hydrogen) atoms. The van der Waals surface area contributed by atoms with E-state index in [1.807, 2.05) is 0 Å². The van der Waals surface area contributed by atoms with Crippen LogP contribution in [-0.2, 0) is 6.61 Å². The summed E-state index contributed by atoms with van der Waals surface area (Å²) in [5, 5.41) is 23.1. The van der Waals surface area contributed by atoms with Crippen LogP contribution < -0.4 is 0 Å². The predicted octanol–water partition coefficient (Wildman–Crippen LogP) is 3.29. The number of halogens is 2. The molecule has 0 radical (unpaired) electrons. The molecule has 6 nitrogen and oxygen atoms in total. The van der Waals surface area contributed by atoms with Crippen LogP contribution in [0.5, 0.6) is 0 Å². The van der Waals surface area contributed by atoms with Gasteiger partial charge >= 0.3 is 0 Å². The molecule has 0 aliphatic rings. The predicted molar refractivity (Wildman–Crippen MR) is 92.7 cm³/mol. The Balaban J connectivity index is 1.76. The van der Waals surface area contributed by atoms with Gasteiger partial charge in [-0.15, -0.1) is 0 Å². The fourth-order valence-corrected chi connectivity index (χ4v) is 2.63. The summed E-state index contributed by atoms with van der Waals surface area (Å²) >= 11 is 0. The van der Waals surface area contributed by atoms with Crippen LogP contribution >= 0.6 is 0 Å². The minimum absolute atomic E-state index is 0.148. The Bertz CT molecular complexity index is 1120. The Morgan fingerprint density at radius 3 is 2.69 bits per heavy atom. The molecule has 0 aliphatic heterocycles. The standard InChI is InChI=1S/C18H13F2N5O/c19-11-3-1-2-10(6-11)4-5-15-13-7-12(14(20)8-16(13)23-22-15)18-21-17(9-26)24-25-18/h1-8,26H,9H2,(H,22,23)(H,21,24,25). The summed E-state index contributed by atoms with van der Waals surface area (Å²) in [4.78, 5) is 4.04. The highest BCUT2D eigenvalue weighted by Gasteiger charge is 2.14. The molecule has 0 fully saturated rings. The molecule has 4 rings (SSSR count). The Morgan fingerprint density at radius 2 is 1.92 bits per heavy atom. The second-order valence-electron chi connectivity index (χ2n) is 5.64. The number of aliphatic hydroxyl groups is 1. The average molecular weight is 353 g/mol. The first-order chi connectivity index (χ1) is 12.6. The first-order valence-electron chi connectivity index (χ1n) is 7.78. The molecule has 4 aromatic rings. The van der Waals surface area contributed by atoms with Gasteiger partial charge < -0.3 is 5.11 Å². The van der Waals surface area contributed by atoms with Crippen molar-refractivity contribution in [3.8, 4) is 11.4 Å². The number of H-pyrrole nitrogens is 2. The topological polar surface area (TPSA) is 90.5 Å². The van der Waals surface area contributed by atoms with E-state index in [1.165, 1.54) is 18.2 Å². The zero-order valence-corrected chi connectivity index (χ0v) is 13.4. The van der Waals surface area contributed by atoms with E-state index in [4.69, 9.17) is 5.11 Å². The lowest BCUT2D eigenvalue weighted by Gasteiger charge is -1.99. The number of hydrogen-bond acceptors (Lipinski definition) is 4. The summed E-state index contributed by atoms with van der Waals surface area (Å²) in [6.07, 6.45) is 3.44. The highest BCUT2D eigenvalue weighted by atomic mass is 19.1. The van der Waals surface area contributed by atoms with Gasteiger partial charge in [0.15, 0.2) is 11.6 Å². The number of nitrogens with one attached hydrogen (secondary N) is 2. The zero-order chi connectivity index (χ0) is 18.1. The van der Waals surface area contributed by atoms with Crippen molar-refractivity contribution >= 4 is 23.1 Å². The molecule has 0 saturated heterocycles. The molecule has 3 N–H and O–H groups in total. The summed E-state index contributed by atoms with van der Waals surface area (Å²) in [7, 11) is 0. The van der Waals surface area contributed by atoms with Crippen LogP contribution in [0.1, 0.15) is 17.1 Å². The number of aromatic amines is 2. The SMILES string of the molecule is OCc1nc(-c2cc3c(C=Cc4cccc(F)c4)n[nH]c3cc2F)n[nH]1. The van der Waals surface area contributed by atoms with Gasteiger partial charge in [0, 0.05) is 11.5 Å². The van der Waals surface area contributed by atoms with E-state index in [9.17, 15) is 8.78 Å². The third-order valence-corrected chi connectivity index (χ3v) is 3.88. The fraction of sp³-hybridized carbons (Fsp3) is 0.0556. The molecule has 130 valence electrons. The molecule has 8 heteroatoms. The Kier molecular flexibility index (Phi) is 4.02. The number of benzene rings is 2. The summed E-state index contributed by atoms with van der Waals surface area (Å²) in [5.74, 6) is -0.439. The third-order valence-electron chi connectivity index (χ3n) is 3.88. The van der Waals surface area contributed by atoms with Crippen LogP contribution in [0.2, 0.25) is 0 Å². The van der Waals surface area contributed by atoms with E-state index in [-0.39, 0.29) is 29.6 Å². The quantitative estimate of drug-likeness (QED) is 0.525. The summed E-state index contributed by atoms with van der Waals surface area (Å²) in [6, 6.07) is 9.06. The molecule has 0 amide bonds. The van der Waals surface area contributed by atoms with Crippen molar-refractivity contribution < 1.29 is 13.9 Å². The molecular weight excluding hydrogens is 340 g/mol. The second kappa shape index (κ2) is 6.49. The summed E-state index contributed by atoms with van der Waals surface area (Å²) in [5.41, 5.74) is 1.96. The maximum atomic E-state index is 14.4. The van der Waals surface area contributed by atoms with E-state index in [2.05, 4.69) is 25.4 Å². The Morgan fingerprint density at radius 1 is 1.04 bits per heavy atom. The lowest BCUT2D eigenvalue weighted by Crippen LogP contribution is -1.88. The molecule has 0 aliphatic carbocycles. The van der Waals surface area contributed by atoms with Gasteiger partial charge in [-0.3, -0.25) is 10.2 Å². The number of nitrogens with zero attached hydrogens (tertiary/aromatic N) is 3. The van der Waals surface area contributed by atoms with Gasteiger partial charge in [0.1, 0.15) is 18.2 Å². The van der Waals surface area contributed by atoms with Crippen molar-refractivity contribution in [2.75, 3.05) is 0 Å². The van der Waals surface area contributed by atoms with Crippen LogP contribution in [0.3, 0.4) is 0 Å². The Hall–Kier alpha value is -3.39. The smallest absolute Gasteiger partial charge is 0.184 e. The van der Waals surface area contributed by atoms with E-state index < -0.39 is 5.82 Å².